The largest absolute Gasteiger partial charge is 0.368 e. The molecule has 2 aromatic rings. The number of likely N-dealkylation sites (tertiary alicyclic amines) is 1. The summed E-state index contributed by atoms with van der Waals surface area (Å²) in [5.74, 6) is -0.861. The zero-order valence-corrected chi connectivity index (χ0v) is 15.6. The number of hydrogen-bond donors (Lipinski definition) is 2. The van der Waals surface area contributed by atoms with Crippen molar-refractivity contribution in [3.63, 3.8) is 0 Å². The van der Waals surface area contributed by atoms with Gasteiger partial charge in [-0.25, -0.2) is 4.68 Å². The predicted octanol–water partition coefficient (Wildman–Crippen LogP) is 1.07. The maximum Gasteiger partial charge on any atom is 0.273 e. The van der Waals surface area contributed by atoms with E-state index in [1.54, 1.807) is 0 Å². The van der Waals surface area contributed by atoms with Crippen molar-refractivity contribution in [2.24, 2.45) is 5.73 Å². The molecule has 0 radical (unpaired) electrons. The third kappa shape index (κ3) is 5.13. The highest BCUT2D eigenvalue weighted by molar-refractivity contribution is 5.91. The van der Waals surface area contributed by atoms with Crippen molar-refractivity contribution in [1.29, 1.82) is 0 Å². The first-order valence-corrected chi connectivity index (χ1v) is 9.30. The van der Waals surface area contributed by atoms with Crippen LogP contribution in [0.15, 0.2) is 30.5 Å². The molecule has 27 heavy (non-hydrogen) atoms. The third-order valence-corrected chi connectivity index (χ3v) is 4.96. The van der Waals surface area contributed by atoms with Gasteiger partial charge in [0.25, 0.3) is 5.91 Å². The average molecular weight is 370 g/mol. The number of amides is 2. The zero-order chi connectivity index (χ0) is 19.2. The Balaban J connectivity index is 1.61. The quantitative estimate of drug-likeness (QED) is 0.758. The van der Waals surface area contributed by atoms with Gasteiger partial charge in [-0.1, -0.05) is 35.9 Å². The summed E-state index contributed by atoms with van der Waals surface area (Å²) in [7, 11) is 0. The van der Waals surface area contributed by atoms with E-state index in [-0.39, 0.29) is 18.1 Å². The van der Waals surface area contributed by atoms with Gasteiger partial charge in [0.1, 0.15) is 6.54 Å². The van der Waals surface area contributed by atoms with Crippen LogP contribution < -0.4 is 11.1 Å². The minimum Gasteiger partial charge on any atom is -0.368 e. The number of piperidine rings is 1. The van der Waals surface area contributed by atoms with E-state index >= 15 is 0 Å². The SMILES string of the molecule is CC1CCCCN1Cc1ccccc1CNC(=O)c1cn(CC(N)=O)nn1. The fourth-order valence-corrected chi connectivity index (χ4v) is 3.40. The molecule has 1 aliphatic heterocycles. The summed E-state index contributed by atoms with van der Waals surface area (Å²) in [5, 5.41) is 10.4. The molecule has 2 amide bonds. The van der Waals surface area contributed by atoms with Crippen molar-refractivity contribution in [2.45, 2.75) is 51.9 Å². The third-order valence-electron chi connectivity index (χ3n) is 4.96. The van der Waals surface area contributed by atoms with Gasteiger partial charge in [0.15, 0.2) is 5.69 Å². The number of rotatable bonds is 7. The average Bonchev–Trinajstić information content (AvgIpc) is 3.10. The zero-order valence-electron chi connectivity index (χ0n) is 15.6. The summed E-state index contributed by atoms with van der Waals surface area (Å²) in [6.07, 6.45) is 5.19. The van der Waals surface area contributed by atoms with E-state index in [1.807, 2.05) is 18.2 Å². The number of benzene rings is 1. The number of aromatic nitrogens is 3. The van der Waals surface area contributed by atoms with Crippen molar-refractivity contribution >= 4 is 11.8 Å². The lowest BCUT2D eigenvalue weighted by Gasteiger charge is -2.33. The van der Waals surface area contributed by atoms with E-state index in [0.717, 1.165) is 18.7 Å². The molecule has 8 nitrogen and oxygen atoms in total. The lowest BCUT2D eigenvalue weighted by Crippen LogP contribution is -2.37. The molecule has 2 heterocycles. The van der Waals surface area contributed by atoms with Gasteiger partial charge in [-0.15, -0.1) is 5.10 Å². The Bertz CT molecular complexity index is 803. The number of carbonyl (C=O) groups is 2. The lowest BCUT2D eigenvalue weighted by molar-refractivity contribution is -0.118. The summed E-state index contributed by atoms with van der Waals surface area (Å²) in [6, 6.07) is 8.75. The van der Waals surface area contributed by atoms with Gasteiger partial charge in [0, 0.05) is 19.1 Å². The number of primary amides is 1. The molecule has 0 bridgehead atoms. The monoisotopic (exact) mass is 370 g/mol. The first-order valence-electron chi connectivity index (χ1n) is 9.30. The van der Waals surface area contributed by atoms with E-state index in [2.05, 4.69) is 33.5 Å². The summed E-state index contributed by atoms with van der Waals surface area (Å²) in [5.41, 5.74) is 7.60. The minimum absolute atomic E-state index is 0.100. The maximum absolute atomic E-state index is 12.3. The van der Waals surface area contributed by atoms with Gasteiger partial charge < -0.3 is 11.1 Å². The van der Waals surface area contributed by atoms with Crippen molar-refractivity contribution in [3.05, 3.63) is 47.3 Å². The predicted molar refractivity (Wildman–Crippen MR) is 101 cm³/mol. The van der Waals surface area contributed by atoms with Gasteiger partial charge in [0.2, 0.25) is 5.91 Å². The molecule has 1 atom stereocenters. The van der Waals surface area contributed by atoms with Crippen LogP contribution in [-0.2, 0) is 24.4 Å². The number of carbonyl (C=O) groups excluding carboxylic acids is 2. The van der Waals surface area contributed by atoms with Crippen molar-refractivity contribution in [2.75, 3.05) is 6.54 Å². The molecule has 3 rings (SSSR count). The molecule has 1 aromatic heterocycles. The smallest absolute Gasteiger partial charge is 0.273 e. The van der Waals surface area contributed by atoms with E-state index in [9.17, 15) is 9.59 Å². The molecule has 0 aliphatic carbocycles. The fraction of sp³-hybridized carbons (Fsp3) is 0.474. The van der Waals surface area contributed by atoms with Crippen molar-refractivity contribution < 1.29 is 9.59 Å². The Hall–Kier alpha value is -2.74. The second-order valence-electron chi connectivity index (χ2n) is 7.03. The number of hydrogen-bond acceptors (Lipinski definition) is 5. The summed E-state index contributed by atoms with van der Waals surface area (Å²) in [4.78, 5) is 25.7. The highest BCUT2D eigenvalue weighted by Crippen LogP contribution is 2.20. The standard InChI is InChI=1S/C19H26N6O2/c1-14-6-4-5-9-24(14)11-16-8-3-2-7-15(16)10-21-19(27)17-12-25(23-22-17)13-18(20)26/h2-3,7-8,12,14H,4-6,9-11,13H2,1H3,(H2,20,26)(H,21,27). The highest BCUT2D eigenvalue weighted by atomic mass is 16.2. The van der Waals surface area contributed by atoms with Gasteiger partial charge in [-0.2, -0.15) is 0 Å². The Morgan fingerprint density at radius 1 is 1.26 bits per heavy atom. The Labute approximate surface area is 158 Å². The van der Waals surface area contributed by atoms with Crippen LogP contribution in [0.1, 0.15) is 47.8 Å². The van der Waals surface area contributed by atoms with E-state index in [4.69, 9.17) is 5.73 Å². The Morgan fingerprint density at radius 3 is 2.78 bits per heavy atom. The van der Waals surface area contributed by atoms with E-state index in [1.165, 1.54) is 35.7 Å². The molecule has 8 heteroatoms. The number of nitrogens with zero attached hydrogens (tertiary/aromatic N) is 4. The minimum atomic E-state index is -0.535. The first kappa shape index (κ1) is 19.0. The summed E-state index contributed by atoms with van der Waals surface area (Å²) in [6.45, 7) is 4.60. The molecule has 0 spiro atoms. The molecular formula is C19H26N6O2. The molecule has 1 unspecified atom stereocenters. The van der Waals surface area contributed by atoms with E-state index < -0.39 is 5.91 Å². The second kappa shape index (κ2) is 8.77. The molecule has 1 aromatic carbocycles. The van der Waals surface area contributed by atoms with Crippen LogP contribution in [0.25, 0.3) is 0 Å². The van der Waals surface area contributed by atoms with Gasteiger partial charge in [-0.05, 0) is 37.4 Å². The topological polar surface area (TPSA) is 106 Å². The maximum atomic E-state index is 12.3. The molecule has 1 aliphatic rings. The number of nitrogens with two attached hydrogens (primary N) is 1. The van der Waals surface area contributed by atoms with Crippen LogP contribution in [-0.4, -0.2) is 44.3 Å². The fourth-order valence-electron chi connectivity index (χ4n) is 3.40. The molecular weight excluding hydrogens is 344 g/mol. The molecule has 3 N–H and O–H groups in total. The van der Waals surface area contributed by atoms with Gasteiger partial charge in [0.05, 0.1) is 6.20 Å². The van der Waals surface area contributed by atoms with Crippen LogP contribution >= 0.6 is 0 Å². The van der Waals surface area contributed by atoms with Crippen LogP contribution in [0, 0.1) is 0 Å². The highest BCUT2D eigenvalue weighted by Gasteiger charge is 2.19. The molecule has 1 fully saturated rings. The number of nitrogens with one attached hydrogen (secondary N) is 1. The van der Waals surface area contributed by atoms with Crippen LogP contribution in [0.3, 0.4) is 0 Å². The van der Waals surface area contributed by atoms with Crippen LogP contribution in [0.5, 0.6) is 0 Å². The molecule has 1 saturated heterocycles. The summed E-state index contributed by atoms with van der Waals surface area (Å²) < 4.78 is 1.25. The Kier molecular flexibility index (Phi) is 6.18. The lowest BCUT2D eigenvalue weighted by atomic mass is 10.0. The molecule has 0 saturated carbocycles. The van der Waals surface area contributed by atoms with Crippen LogP contribution in [0.2, 0.25) is 0 Å². The van der Waals surface area contributed by atoms with Gasteiger partial charge in [-0.3, -0.25) is 14.5 Å². The van der Waals surface area contributed by atoms with Crippen molar-refractivity contribution in [3.8, 4) is 0 Å². The van der Waals surface area contributed by atoms with E-state index in [0.29, 0.717) is 12.6 Å². The first-order chi connectivity index (χ1) is 13.0. The Morgan fingerprint density at radius 2 is 2.04 bits per heavy atom. The summed E-state index contributed by atoms with van der Waals surface area (Å²) >= 11 is 0. The normalized spacial score (nSPS) is 17.6. The van der Waals surface area contributed by atoms with Gasteiger partial charge >= 0.3 is 0 Å². The van der Waals surface area contributed by atoms with Crippen LogP contribution in [0.4, 0.5) is 0 Å². The molecule has 144 valence electrons. The van der Waals surface area contributed by atoms with Crippen molar-refractivity contribution in [1.82, 2.24) is 25.2 Å². The second-order valence-corrected chi connectivity index (χ2v) is 7.03.